The predicted molar refractivity (Wildman–Crippen MR) is 69.1 cm³/mol. The number of rotatable bonds is 5. The Morgan fingerprint density at radius 2 is 1.94 bits per heavy atom. The molecule has 1 unspecified atom stereocenters. The summed E-state index contributed by atoms with van der Waals surface area (Å²) < 4.78 is 39.4. The fraction of sp³-hybridized carbons (Fsp3) is 0.500. The monoisotopic (exact) mass is 324 g/mol. The molecule has 0 aliphatic carbocycles. The van der Waals surface area contributed by atoms with Crippen LogP contribution in [0.25, 0.3) is 0 Å². The van der Waals surface area contributed by atoms with E-state index in [0.717, 1.165) is 10.0 Å². The van der Waals surface area contributed by atoms with Crippen LogP contribution in [0.3, 0.4) is 0 Å². The van der Waals surface area contributed by atoms with Gasteiger partial charge in [0.2, 0.25) is 0 Å². The van der Waals surface area contributed by atoms with Gasteiger partial charge < -0.3 is 5.73 Å². The highest BCUT2D eigenvalue weighted by molar-refractivity contribution is 9.10. The molecule has 0 fully saturated rings. The Bertz CT molecular complexity index is 382. The van der Waals surface area contributed by atoms with Crippen molar-refractivity contribution in [3.8, 4) is 0 Å². The Morgan fingerprint density at radius 3 is 2.44 bits per heavy atom. The van der Waals surface area contributed by atoms with Gasteiger partial charge in [-0.15, -0.1) is 0 Å². The first kappa shape index (κ1) is 15.5. The molecular weight excluding hydrogens is 309 g/mol. The van der Waals surface area contributed by atoms with E-state index in [1.54, 1.807) is 12.1 Å². The average Bonchev–Trinajstić information content (AvgIpc) is 2.27. The predicted octanol–water partition coefficient (Wildman–Crippen LogP) is 3.16. The van der Waals surface area contributed by atoms with E-state index in [-0.39, 0.29) is 19.5 Å². The summed E-state index contributed by atoms with van der Waals surface area (Å²) in [6.07, 6.45) is -4.35. The molecule has 18 heavy (non-hydrogen) atoms. The zero-order chi connectivity index (χ0) is 13.8. The molecule has 0 aliphatic rings. The van der Waals surface area contributed by atoms with Crippen molar-refractivity contribution in [1.29, 1.82) is 0 Å². The minimum Gasteiger partial charge on any atom is -0.330 e. The first-order valence-corrected chi connectivity index (χ1v) is 6.36. The summed E-state index contributed by atoms with van der Waals surface area (Å²) in [4.78, 5) is 1.28. The summed E-state index contributed by atoms with van der Waals surface area (Å²) in [7, 11) is 1.47. The molecule has 2 N–H and O–H groups in total. The van der Waals surface area contributed by atoms with Gasteiger partial charge in [-0.1, -0.05) is 34.1 Å². The number of nitrogens with zero attached hydrogens (tertiary/aromatic N) is 1. The van der Waals surface area contributed by atoms with Crippen molar-refractivity contribution in [3.63, 3.8) is 0 Å². The van der Waals surface area contributed by atoms with Gasteiger partial charge in [-0.25, -0.2) is 0 Å². The second-order valence-corrected chi connectivity index (χ2v) is 5.00. The smallest absolute Gasteiger partial charge is 0.330 e. The third kappa shape index (κ3) is 4.26. The SMILES string of the molecule is CN(Cc1ccccc1Br)C(CCN)C(F)(F)F. The molecule has 6 heteroatoms. The van der Waals surface area contributed by atoms with E-state index in [1.165, 1.54) is 11.9 Å². The average molecular weight is 325 g/mol. The van der Waals surface area contributed by atoms with E-state index >= 15 is 0 Å². The van der Waals surface area contributed by atoms with Crippen LogP contribution in [0.5, 0.6) is 0 Å². The lowest BCUT2D eigenvalue weighted by molar-refractivity contribution is -0.182. The number of hydrogen-bond donors (Lipinski definition) is 1. The lowest BCUT2D eigenvalue weighted by Crippen LogP contribution is -2.44. The molecule has 0 bridgehead atoms. The first-order chi connectivity index (χ1) is 8.36. The quantitative estimate of drug-likeness (QED) is 0.901. The number of benzene rings is 1. The topological polar surface area (TPSA) is 29.3 Å². The van der Waals surface area contributed by atoms with Crippen LogP contribution in [0, 0.1) is 0 Å². The molecule has 0 radical (unpaired) electrons. The van der Waals surface area contributed by atoms with Gasteiger partial charge in [0.05, 0.1) is 0 Å². The summed E-state index contributed by atoms with van der Waals surface area (Å²) >= 11 is 3.33. The summed E-state index contributed by atoms with van der Waals surface area (Å²) in [6.45, 7) is 0.246. The number of hydrogen-bond acceptors (Lipinski definition) is 2. The van der Waals surface area contributed by atoms with Crippen LogP contribution in [-0.2, 0) is 6.54 Å². The van der Waals surface area contributed by atoms with Crippen molar-refractivity contribution in [2.45, 2.75) is 25.2 Å². The number of nitrogens with two attached hydrogens (primary N) is 1. The van der Waals surface area contributed by atoms with Gasteiger partial charge in [-0.3, -0.25) is 4.90 Å². The van der Waals surface area contributed by atoms with Crippen LogP contribution in [0.1, 0.15) is 12.0 Å². The highest BCUT2D eigenvalue weighted by atomic mass is 79.9. The van der Waals surface area contributed by atoms with Crippen molar-refractivity contribution in [1.82, 2.24) is 4.90 Å². The van der Waals surface area contributed by atoms with Crippen molar-refractivity contribution < 1.29 is 13.2 Å². The van der Waals surface area contributed by atoms with Gasteiger partial charge in [0.25, 0.3) is 0 Å². The standard InChI is InChI=1S/C12H16BrF3N2/c1-18(11(6-7-17)12(14,15)16)8-9-4-2-3-5-10(9)13/h2-5,11H,6-8,17H2,1H3. The molecule has 1 atom stereocenters. The Balaban J connectivity index is 2.79. The van der Waals surface area contributed by atoms with Gasteiger partial charge in [-0.2, -0.15) is 13.2 Å². The number of alkyl halides is 3. The van der Waals surface area contributed by atoms with Gasteiger partial charge in [-0.05, 0) is 31.6 Å². The maximum atomic E-state index is 12.9. The molecule has 0 aromatic heterocycles. The van der Waals surface area contributed by atoms with Crippen LogP contribution >= 0.6 is 15.9 Å². The van der Waals surface area contributed by atoms with E-state index in [2.05, 4.69) is 15.9 Å². The minimum atomic E-state index is -4.25. The molecule has 102 valence electrons. The molecule has 0 aliphatic heterocycles. The zero-order valence-electron chi connectivity index (χ0n) is 10.0. The van der Waals surface area contributed by atoms with E-state index in [4.69, 9.17) is 5.73 Å². The Morgan fingerprint density at radius 1 is 1.33 bits per heavy atom. The Kier molecular flexibility index (Phi) is 5.62. The third-order valence-electron chi connectivity index (χ3n) is 2.73. The van der Waals surface area contributed by atoms with E-state index in [9.17, 15) is 13.2 Å². The molecule has 0 amide bonds. The molecule has 1 aromatic carbocycles. The number of halogens is 4. The molecular formula is C12H16BrF3N2. The van der Waals surface area contributed by atoms with Crippen LogP contribution in [0.4, 0.5) is 13.2 Å². The lowest BCUT2D eigenvalue weighted by Gasteiger charge is -2.29. The second-order valence-electron chi connectivity index (χ2n) is 4.14. The van der Waals surface area contributed by atoms with Crippen molar-refractivity contribution in [2.75, 3.05) is 13.6 Å². The van der Waals surface area contributed by atoms with Gasteiger partial charge in [0.1, 0.15) is 6.04 Å². The fourth-order valence-electron chi connectivity index (χ4n) is 1.80. The Hall–Kier alpha value is -0.590. The van der Waals surface area contributed by atoms with Crippen LogP contribution in [-0.4, -0.2) is 30.7 Å². The first-order valence-electron chi connectivity index (χ1n) is 5.56. The summed E-state index contributed by atoms with van der Waals surface area (Å²) in [5.74, 6) is 0. The van der Waals surface area contributed by atoms with Gasteiger partial charge in [0.15, 0.2) is 0 Å². The van der Waals surface area contributed by atoms with E-state index in [0.29, 0.717) is 0 Å². The second kappa shape index (κ2) is 6.54. The van der Waals surface area contributed by atoms with Crippen molar-refractivity contribution in [3.05, 3.63) is 34.3 Å². The minimum absolute atomic E-state index is 0.0183. The van der Waals surface area contributed by atoms with Crippen LogP contribution in [0.2, 0.25) is 0 Å². The highest BCUT2D eigenvalue weighted by Crippen LogP contribution is 2.28. The fourth-order valence-corrected chi connectivity index (χ4v) is 2.21. The normalized spacial score (nSPS) is 13.9. The zero-order valence-corrected chi connectivity index (χ0v) is 11.6. The molecule has 2 nitrogen and oxygen atoms in total. The molecule has 0 spiro atoms. The molecule has 0 saturated carbocycles. The third-order valence-corrected chi connectivity index (χ3v) is 3.50. The van der Waals surface area contributed by atoms with Crippen LogP contribution in [0.15, 0.2) is 28.7 Å². The highest BCUT2D eigenvalue weighted by Gasteiger charge is 2.41. The maximum Gasteiger partial charge on any atom is 0.404 e. The van der Waals surface area contributed by atoms with Crippen LogP contribution < -0.4 is 5.73 Å². The Labute approximate surface area is 113 Å². The van der Waals surface area contributed by atoms with E-state index in [1.807, 2.05) is 12.1 Å². The summed E-state index contributed by atoms with van der Waals surface area (Å²) in [5.41, 5.74) is 6.08. The van der Waals surface area contributed by atoms with Gasteiger partial charge in [0, 0.05) is 11.0 Å². The largest absolute Gasteiger partial charge is 0.404 e. The molecule has 1 aromatic rings. The summed E-state index contributed by atoms with van der Waals surface area (Å²) in [6, 6.07) is 5.74. The lowest BCUT2D eigenvalue weighted by atomic mass is 10.1. The maximum absolute atomic E-state index is 12.9. The van der Waals surface area contributed by atoms with E-state index < -0.39 is 12.2 Å². The molecule has 0 saturated heterocycles. The molecule has 1 rings (SSSR count). The van der Waals surface area contributed by atoms with Crippen molar-refractivity contribution in [2.24, 2.45) is 5.73 Å². The molecule has 0 heterocycles. The van der Waals surface area contributed by atoms with Gasteiger partial charge >= 0.3 is 6.18 Å². The van der Waals surface area contributed by atoms with Crippen molar-refractivity contribution >= 4 is 15.9 Å². The summed E-state index contributed by atoms with van der Waals surface area (Å²) in [5, 5.41) is 0.